The van der Waals surface area contributed by atoms with Crippen LogP contribution in [-0.2, 0) is 6.42 Å². The van der Waals surface area contributed by atoms with Crippen molar-refractivity contribution in [1.82, 2.24) is 25.5 Å². The number of fused-ring (bicyclic) bond motifs is 1. The molecule has 0 unspecified atom stereocenters. The summed E-state index contributed by atoms with van der Waals surface area (Å²) in [5, 5.41) is 13.2. The molecule has 1 fully saturated rings. The third-order valence-electron chi connectivity index (χ3n) is 6.55. The van der Waals surface area contributed by atoms with E-state index in [0.717, 1.165) is 42.2 Å². The Kier molecular flexibility index (Phi) is 6.55. The lowest BCUT2D eigenvalue weighted by Gasteiger charge is -2.23. The first-order chi connectivity index (χ1) is 17.0. The van der Waals surface area contributed by atoms with Crippen molar-refractivity contribution in [3.8, 4) is 11.8 Å². The quantitative estimate of drug-likeness (QED) is 0.394. The standard InChI is InChI=1S/C28H28N6O/c1-18-3-4-23(15-22(18)6-8-25-16-30-27-26(32-25)17-31-34-27)28(35)33-24-7-5-21(19(2)13-24)14-20-9-11-29-12-10-20/h3-5,7,13,15-17,20,29H,9-12,14H2,1-2H3,(H,33,35)(H,30,31,34). The third-order valence-corrected chi connectivity index (χ3v) is 6.55. The number of aromatic nitrogens is 4. The number of hydrogen-bond acceptors (Lipinski definition) is 5. The number of amides is 1. The number of nitrogens with one attached hydrogen (secondary N) is 3. The molecule has 3 N–H and O–H groups in total. The number of aromatic amines is 1. The molecule has 4 aromatic rings. The van der Waals surface area contributed by atoms with Gasteiger partial charge in [0.15, 0.2) is 5.65 Å². The van der Waals surface area contributed by atoms with E-state index < -0.39 is 0 Å². The fourth-order valence-corrected chi connectivity index (χ4v) is 4.43. The molecule has 7 heteroatoms. The Morgan fingerprint density at radius 2 is 1.91 bits per heavy atom. The summed E-state index contributed by atoms with van der Waals surface area (Å²) in [6.45, 7) is 6.30. The number of carbonyl (C=O) groups excluding carboxylic acids is 1. The van der Waals surface area contributed by atoms with E-state index in [4.69, 9.17) is 0 Å². The van der Waals surface area contributed by atoms with Gasteiger partial charge in [0.25, 0.3) is 5.91 Å². The zero-order chi connectivity index (χ0) is 24.2. The van der Waals surface area contributed by atoms with Crippen LogP contribution in [0.4, 0.5) is 5.69 Å². The maximum absolute atomic E-state index is 13.0. The first kappa shape index (κ1) is 22.8. The van der Waals surface area contributed by atoms with Crippen molar-refractivity contribution in [3.05, 3.63) is 82.3 Å². The number of carbonyl (C=O) groups is 1. The van der Waals surface area contributed by atoms with Crippen LogP contribution in [0, 0.1) is 31.6 Å². The Balaban J connectivity index is 1.29. The number of rotatable bonds is 4. The van der Waals surface area contributed by atoms with Crippen LogP contribution in [0.5, 0.6) is 0 Å². The summed E-state index contributed by atoms with van der Waals surface area (Å²) in [5.41, 5.74) is 7.55. The Hall–Kier alpha value is -4.02. The maximum Gasteiger partial charge on any atom is 0.255 e. The molecule has 5 rings (SSSR count). The van der Waals surface area contributed by atoms with Gasteiger partial charge in [0.1, 0.15) is 11.2 Å². The molecule has 3 heterocycles. The zero-order valence-electron chi connectivity index (χ0n) is 20.0. The summed E-state index contributed by atoms with van der Waals surface area (Å²) < 4.78 is 0. The lowest BCUT2D eigenvalue weighted by molar-refractivity contribution is 0.102. The summed E-state index contributed by atoms with van der Waals surface area (Å²) in [6.07, 6.45) is 6.77. The minimum absolute atomic E-state index is 0.154. The number of aryl methyl sites for hydroxylation is 2. The molecule has 0 saturated carbocycles. The molecule has 1 amide bonds. The summed E-state index contributed by atoms with van der Waals surface area (Å²) in [6, 6.07) is 11.8. The van der Waals surface area contributed by atoms with E-state index in [1.54, 1.807) is 12.4 Å². The molecule has 7 nitrogen and oxygen atoms in total. The highest BCUT2D eigenvalue weighted by Crippen LogP contribution is 2.23. The van der Waals surface area contributed by atoms with Crippen molar-refractivity contribution in [1.29, 1.82) is 0 Å². The minimum atomic E-state index is -0.154. The molecule has 0 radical (unpaired) electrons. The second-order valence-corrected chi connectivity index (χ2v) is 9.13. The van der Waals surface area contributed by atoms with Crippen molar-refractivity contribution >= 4 is 22.8 Å². The van der Waals surface area contributed by atoms with E-state index in [9.17, 15) is 4.79 Å². The minimum Gasteiger partial charge on any atom is -0.322 e. The van der Waals surface area contributed by atoms with Crippen LogP contribution in [0.2, 0.25) is 0 Å². The topological polar surface area (TPSA) is 95.6 Å². The van der Waals surface area contributed by atoms with E-state index in [1.165, 1.54) is 24.0 Å². The van der Waals surface area contributed by atoms with Crippen molar-refractivity contribution < 1.29 is 4.79 Å². The summed E-state index contributed by atoms with van der Waals surface area (Å²) >= 11 is 0. The predicted octanol–water partition coefficient (Wildman–Crippen LogP) is 4.16. The number of anilines is 1. The van der Waals surface area contributed by atoms with E-state index >= 15 is 0 Å². The van der Waals surface area contributed by atoms with Gasteiger partial charge in [-0.15, -0.1) is 0 Å². The number of nitrogens with zero attached hydrogens (tertiary/aromatic N) is 3. The normalized spacial score (nSPS) is 13.9. The van der Waals surface area contributed by atoms with Crippen molar-refractivity contribution in [2.24, 2.45) is 5.92 Å². The Morgan fingerprint density at radius 3 is 2.74 bits per heavy atom. The van der Waals surface area contributed by atoms with E-state index in [-0.39, 0.29) is 5.91 Å². The zero-order valence-corrected chi connectivity index (χ0v) is 20.0. The molecule has 35 heavy (non-hydrogen) atoms. The highest BCUT2D eigenvalue weighted by molar-refractivity contribution is 6.04. The molecule has 2 aromatic heterocycles. The fraction of sp³-hybridized carbons (Fsp3) is 0.286. The predicted molar refractivity (Wildman–Crippen MR) is 137 cm³/mol. The van der Waals surface area contributed by atoms with Crippen LogP contribution in [0.25, 0.3) is 11.2 Å². The van der Waals surface area contributed by atoms with E-state index in [1.807, 2.05) is 31.2 Å². The molecule has 0 spiro atoms. The highest BCUT2D eigenvalue weighted by Gasteiger charge is 2.15. The van der Waals surface area contributed by atoms with E-state index in [2.05, 4.69) is 61.7 Å². The van der Waals surface area contributed by atoms with Crippen molar-refractivity contribution in [3.63, 3.8) is 0 Å². The van der Waals surface area contributed by atoms with Gasteiger partial charge in [0.05, 0.1) is 12.4 Å². The van der Waals surface area contributed by atoms with Crippen LogP contribution >= 0.6 is 0 Å². The SMILES string of the molecule is Cc1ccc(C(=O)Nc2ccc(CC3CCNCC3)c(C)c2)cc1C#Cc1cnc2[nH]ncc2n1. The van der Waals surface area contributed by atoms with Crippen LogP contribution in [0.3, 0.4) is 0 Å². The molecule has 176 valence electrons. The molecule has 2 aromatic carbocycles. The average molecular weight is 465 g/mol. The van der Waals surface area contributed by atoms with Crippen LogP contribution in [-0.4, -0.2) is 39.2 Å². The van der Waals surface area contributed by atoms with Crippen LogP contribution < -0.4 is 10.6 Å². The third kappa shape index (κ3) is 5.39. The number of piperidine rings is 1. The maximum atomic E-state index is 13.0. The van der Waals surface area contributed by atoms with Gasteiger partial charge in [-0.2, -0.15) is 5.10 Å². The van der Waals surface area contributed by atoms with Gasteiger partial charge in [0.2, 0.25) is 0 Å². The van der Waals surface area contributed by atoms with Crippen molar-refractivity contribution in [2.45, 2.75) is 33.1 Å². The van der Waals surface area contributed by atoms with Gasteiger partial charge in [-0.05, 0) is 99.0 Å². The Labute approximate surface area is 204 Å². The Bertz CT molecular complexity index is 1440. The van der Waals surface area contributed by atoms with Gasteiger partial charge in [-0.3, -0.25) is 9.89 Å². The number of H-pyrrole nitrogens is 1. The summed E-state index contributed by atoms with van der Waals surface area (Å²) in [5.74, 6) is 6.76. The monoisotopic (exact) mass is 464 g/mol. The van der Waals surface area contributed by atoms with Crippen LogP contribution in [0.15, 0.2) is 48.8 Å². The molecule has 1 aliphatic heterocycles. The smallest absolute Gasteiger partial charge is 0.255 e. The molecule has 0 aliphatic carbocycles. The van der Waals surface area contributed by atoms with Crippen molar-refractivity contribution in [2.75, 3.05) is 18.4 Å². The number of benzene rings is 2. The van der Waals surface area contributed by atoms with Gasteiger partial charge in [-0.25, -0.2) is 9.97 Å². The Morgan fingerprint density at radius 1 is 1.06 bits per heavy atom. The van der Waals surface area contributed by atoms with Crippen LogP contribution in [0.1, 0.15) is 51.1 Å². The van der Waals surface area contributed by atoms with E-state index in [0.29, 0.717) is 22.4 Å². The second kappa shape index (κ2) is 10.1. The largest absolute Gasteiger partial charge is 0.322 e. The molecule has 0 atom stereocenters. The van der Waals surface area contributed by atoms with Gasteiger partial charge < -0.3 is 10.6 Å². The van der Waals surface area contributed by atoms with Gasteiger partial charge in [-0.1, -0.05) is 18.1 Å². The fourth-order valence-electron chi connectivity index (χ4n) is 4.43. The summed E-state index contributed by atoms with van der Waals surface area (Å²) in [7, 11) is 0. The first-order valence-electron chi connectivity index (χ1n) is 12.0. The molecular weight excluding hydrogens is 436 g/mol. The van der Waals surface area contributed by atoms with Gasteiger partial charge >= 0.3 is 0 Å². The molecule has 0 bridgehead atoms. The average Bonchev–Trinajstić information content (AvgIpc) is 3.34. The number of hydrogen-bond donors (Lipinski definition) is 3. The molecule has 1 saturated heterocycles. The highest BCUT2D eigenvalue weighted by atomic mass is 16.1. The summed E-state index contributed by atoms with van der Waals surface area (Å²) in [4.78, 5) is 21.7. The first-order valence-corrected chi connectivity index (χ1v) is 12.0. The molecule has 1 aliphatic rings. The second-order valence-electron chi connectivity index (χ2n) is 9.13. The lowest BCUT2D eigenvalue weighted by Crippen LogP contribution is -2.28. The lowest BCUT2D eigenvalue weighted by atomic mass is 9.89. The molecular formula is C28H28N6O. The van der Waals surface area contributed by atoms with Gasteiger partial charge in [0, 0.05) is 16.8 Å².